The van der Waals surface area contributed by atoms with Crippen molar-refractivity contribution in [1.82, 2.24) is 9.80 Å². The molecule has 1 N–H and O–H groups in total. The maximum atomic E-state index is 12.8. The highest BCUT2D eigenvalue weighted by atomic mass is 16.5. The summed E-state index contributed by atoms with van der Waals surface area (Å²) in [5.74, 6) is 2.40. The average molecular weight is 470 g/mol. The Hall–Kier alpha value is -2.45. The molecule has 0 aromatic heterocycles. The Labute approximate surface area is 200 Å². The van der Waals surface area contributed by atoms with Crippen molar-refractivity contribution in [2.75, 3.05) is 52.3 Å². The number of amides is 1. The van der Waals surface area contributed by atoms with Crippen LogP contribution in [0.25, 0.3) is 0 Å². The maximum absolute atomic E-state index is 12.8. The minimum absolute atomic E-state index is 0.204. The van der Waals surface area contributed by atoms with Gasteiger partial charge in [-0.25, -0.2) is 9.59 Å². The Kier molecular flexibility index (Phi) is 6.62. The molecule has 1 aromatic rings. The van der Waals surface area contributed by atoms with Crippen molar-refractivity contribution in [2.45, 2.75) is 38.1 Å². The lowest BCUT2D eigenvalue weighted by atomic mass is 9.54. The molecular weight excluding hydrogens is 434 g/mol. The average Bonchev–Trinajstić information content (AvgIpc) is 2.83. The van der Waals surface area contributed by atoms with E-state index in [0.29, 0.717) is 0 Å². The normalized spacial score (nSPS) is 30.7. The Morgan fingerprint density at radius 3 is 2.09 bits per heavy atom. The molecule has 1 heterocycles. The molecular formula is C26H35N3O5. The van der Waals surface area contributed by atoms with Crippen LogP contribution in [-0.2, 0) is 14.3 Å². The van der Waals surface area contributed by atoms with Gasteiger partial charge in [0.25, 0.3) is 0 Å². The first kappa shape index (κ1) is 23.3. The van der Waals surface area contributed by atoms with E-state index in [1.54, 1.807) is 0 Å². The van der Waals surface area contributed by atoms with Gasteiger partial charge in [0.1, 0.15) is 0 Å². The van der Waals surface area contributed by atoms with Crippen molar-refractivity contribution in [3.8, 4) is 0 Å². The van der Waals surface area contributed by atoms with Crippen LogP contribution in [0, 0.1) is 23.7 Å². The number of carbonyl (C=O) groups excluding carboxylic acids is 3. The Morgan fingerprint density at radius 2 is 1.50 bits per heavy atom. The highest BCUT2D eigenvalue weighted by molar-refractivity contribution is 6.03. The third-order valence-corrected chi connectivity index (χ3v) is 8.49. The first-order valence-corrected chi connectivity index (χ1v) is 12.5. The predicted octanol–water partition coefficient (Wildman–Crippen LogP) is 2.64. The number of anilines is 1. The summed E-state index contributed by atoms with van der Waals surface area (Å²) < 4.78 is 9.58. The largest absolute Gasteiger partial charge is 0.465 e. The molecule has 1 aromatic carbocycles. The van der Waals surface area contributed by atoms with Crippen LogP contribution in [0.4, 0.5) is 5.69 Å². The topological polar surface area (TPSA) is 88.2 Å². The number of esters is 2. The van der Waals surface area contributed by atoms with Gasteiger partial charge < -0.3 is 14.8 Å². The summed E-state index contributed by atoms with van der Waals surface area (Å²) in [6, 6.07) is 5.15. The number of carbonyl (C=O) groups is 3. The van der Waals surface area contributed by atoms with E-state index in [2.05, 4.69) is 15.1 Å². The van der Waals surface area contributed by atoms with Crippen molar-refractivity contribution >= 4 is 23.5 Å². The number of hydrogen-bond acceptors (Lipinski definition) is 7. The molecule has 4 bridgehead atoms. The van der Waals surface area contributed by atoms with Crippen molar-refractivity contribution in [3.05, 3.63) is 29.3 Å². The van der Waals surface area contributed by atoms with Crippen LogP contribution in [0.2, 0.25) is 0 Å². The standard InChI is InChI=1S/C26H35N3O5/c1-33-25(31)18-3-4-21(26(32)34-2)22(14-18)27-23(30)15-28-5-7-29(8-6-28)24-19-10-16-9-17(12-19)13-20(24)11-16/h3-4,14,16-17,19-20,24H,5-13,15H2,1-2H3,(H,27,30). The fraction of sp³-hybridized carbons (Fsp3) is 0.654. The second kappa shape index (κ2) is 9.66. The van der Waals surface area contributed by atoms with E-state index >= 15 is 0 Å². The molecule has 8 heteroatoms. The van der Waals surface area contributed by atoms with Gasteiger partial charge in [-0.1, -0.05) is 0 Å². The summed E-state index contributed by atoms with van der Waals surface area (Å²) in [7, 11) is 2.57. The molecule has 0 unspecified atom stereocenters. The third kappa shape index (κ3) is 4.58. The zero-order chi connectivity index (χ0) is 23.8. The molecule has 6 rings (SSSR count). The van der Waals surface area contributed by atoms with Crippen molar-refractivity contribution < 1.29 is 23.9 Å². The molecule has 5 fully saturated rings. The van der Waals surface area contributed by atoms with E-state index in [-0.39, 0.29) is 29.3 Å². The Bertz CT molecular complexity index is 928. The van der Waals surface area contributed by atoms with Gasteiger partial charge in [0.2, 0.25) is 5.91 Å². The van der Waals surface area contributed by atoms with Gasteiger partial charge in [-0.05, 0) is 74.0 Å². The number of methoxy groups -OCH3 is 2. The number of benzene rings is 1. The van der Waals surface area contributed by atoms with E-state index in [9.17, 15) is 14.4 Å². The predicted molar refractivity (Wildman–Crippen MR) is 127 cm³/mol. The van der Waals surface area contributed by atoms with Crippen LogP contribution in [0.5, 0.6) is 0 Å². The van der Waals surface area contributed by atoms with Crippen molar-refractivity contribution in [3.63, 3.8) is 0 Å². The molecule has 5 aliphatic rings. The molecule has 8 nitrogen and oxygen atoms in total. The third-order valence-electron chi connectivity index (χ3n) is 8.49. The summed E-state index contributed by atoms with van der Waals surface area (Å²) in [5.41, 5.74) is 0.719. The van der Waals surface area contributed by atoms with Gasteiger partial charge in [0.15, 0.2) is 0 Å². The zero-order valence-corrected chi connectivity index (χ0v) is 20.1. The summed E-state index contributed by atoms with van der Waals surface area (Å²) >= 11 is 0. The second-order valence-electron chi connectivity index (χ2n) is 10.5. The monoisotopic (exact) mass is 469 g/mol. The first-order valence-electron chi connectivity index (χ1n) is 12.5. The van der Waals surface area contributed by atoms with E-state index in [1.807, 2.05) is 0 Å². The van der Waals surface area contributed by atoms with Crippen LogP contribution >= 0.6 is 0 Å². The van der Waals surface area contributed by atoms with Gasteiger partial charge in [-0.2, -0.15) is 0 Å². The highest BCUT2D eigenvalue weighted by Crippen LogP contribution is 2.55. The van der Waals surface area contributed by atoms with Gasteiger partial charge in [-0.15, -0.1) is 0 Å². The molecule has 0 atom stereocenters. The summed E-state index contributed by atoms with van der Waals surface area (Å²) in [6.45, 7) is 3.99. The first-order chi connectivity index (χ1) is 16.4. The molecule has 0 radical (unpaired) electrons. The molecule has 0 spiro atoms. The second-order valence-corrected chi connectivity index (χ2v) is 10.5. The molecule has 1 saturated heterocycles. The SMILES string of the molecule is COC(=O)c1ccc(C(=O)OC)c(NC(=O)CN2CCN(C3C4CC5CC(C4)CC3C5)CC2)c1. The summed E-state index contributed by atoms with van der Waals surface area (Å²) in [6.07, 6.45) is 7.17. The van der Waals surface area contributed by atoms with E-state index in [4.69, 9.17) is 9.47 Å². The Balaban J connectivity index is 1.18. The number of rotatable bonds is 6. The number of hydrogen-bond donors (Lipinski definition) is 1. The molecule has 184 valence electrons. The molecule has 1 amide bonds. The van der Waals surface area contributed by atoms with Crippen LogP contribution < -0.4 is 5.32 Å². The Morgan fingerprint density at radius 1 is 0.882 bits per heavy atom. The lowest BCUT2D eigenvalue weighted by Crippen LogP contribution is -2.60. The lowest BCUT2D eigenvalue weighted by molar-refractivity contribution is -0.118. The number of nitrogens with zero attached hydrogens (tertiary/aromatic N) is 2. The van der Waals surface area contributed by atoms with E-state index < -0.39 is 11.9 Å². The smallest absolute Gasteiger partial charge is 0.339 e. The van der Waals surface area contributed by atoms with Crippen molar-refractivity contribution in [1.29, 1.82) is 0 Å². The minimum Gasteiger partial charge on any atom is -0.465 e. The lowest BCUT2D eigenvalue weighted by Gasteiger charge is -2.58. The fourth-order valence-electron chi connectivity index (χ4n) is 7.29. The van der Waals surface area contributed by atoms with Crippen LogP contribution in [0.1, 0.15) is 52.8 Å². The molecule has 4 aliphatic carbocycles. The van der Waals surface area contributed by atoms with Gasteiger partial charge in [0.05, 0.1) is 37.6 Å². The van der Waals surface area contributed by atoms with Gasteiger partial charge >= 0.3 is 11.9 Å². The highest BCUT2D eigenvalue weighted by Gasteiger charge is 2.50. The van der Waals surface area contributed by atoms with Crippen LogP contribution in [0.15, 0.2) is 18.2 Å². The minimum atomic E-state index is -0.573. The number of nitrogens with one attached hydrogen (secondary N) is 1. The summed E-state index contributed by atoms with van der Waals surface area (Å²) in [5, 5.41) is 2.81. The maximum Gasteiger partial charge on any atom is 0.339 e. The van der Waals surface area contributed by atoms with Gasteiger partial charge in [0, 0.05) is 32.2 Å². The number of ether oxygens (including phenoxy) is 2. The molecule has 1 aliphatic heterocycles. The molecule has 34 heavy (non-hydrogen) atoms. The fourth-order valence-corrected chi connectivity index (χ4v) is 7.29. The number of piperazine rings is 1. The van der Waals surface area contributed by atoms with E-state index in [0.717, 1.165) is 55.9 Å². The van der Waals surface area contributed by atoms with Crippen LogP contribution in [0.3, 0.4) is 0 Å². The van der Waals surface area contributed by atoms with Crippen molar-refractivity contribution in [2.24, 2.45) is 23.7 Å². The van der Waals surface area contributed by atoms with E-state index in [1.165, 1.54) is 64.5 Å². The zero-order valence-electron chi connectivity index (χ0n) is 20.1. The quantitative estimate of drug-likeness (QED) is 0.641. The molecule has 4 saturated carbocycles. The van der Waals surface area contributed by atoms with Crippen LogP contribution in [-0.4, -0.2) is 80.6 Å². The summed E-state index contributed by atoms with van der Waals surface area (Å²) in [4.78, 5) is 41.8. The van der Waals surface area contributed by atoms with Gasteiger partial charge in [-0.3, -0.25) is 14.6 Å².